The highest BCUT2D eigenvalue weighted by Crippen LogP contribution is 2.07. The van der Waals surface area contributed by atoms with E-state index in [2.05, 4.69) is 5.32 Å². The molecule has 21 heavy (non-hydrogen) atoms. The Morgan fingerprint density at radius 1 is 1.14 bits per heavy atom. The normalized spacial score (nSPS) is 12.0. The van der Waals surface area contributed by atoms with Crippen LogP contribution in [0.25, 0.3) is 0 Å². The lowest BCUT2D eigenvalue weighted by Gasteiger charge is -2.13. The summed E-state index contributed by atoms with van der Waals surface area (Å²) in [5, 5.41) is 19.7. The molecule has 3 N–H and O–H groups in total. The maximum absolute atomic E-state index is 11.9. The summed E-state index contributed by atoms with van der Waals surface area (Å²) in [6.45, 7) is 0.721. The number of amides is 1. The summed E-state index contributed by atoms with van der Waals surface area (Å²) in [6, 6.07) is 5.24. The molecule has 1 aromatic carbocycles. The molecule has 1 rings (SSSR count). The van der Waals surface area contributed by atoms with E-state index in [0.717, 1.165) is 12.1 Å². The van der Waals surface area contributed by atoms with Crippen molar-refractivity contribution < 1.29 is 24.6 Å². The molecule has 0 aliphatic rings. The standard InChI is InChI=1S/C14H18N2O5/c1-16(2)8-9-3-5-10(6-4-9)13(19)15-11(14(20)21)7-12(17)18/h3-6,11H,7-8H2,1-2H3,(H,15,19)(H,17,18)(H,20,21). The fourth-order valence-electron chi connectivity index (χ4n) is 1.74. The third-order valence-corrected chi connectivity index (χ3v) is 2.70. The second-order valence-corrected chi connectivity index (χ2v) is 4.90. The molecule has 0 aliphatic carbocycles. The van der Waals surface area contributed by atoms with Crippen molar-refractivity contribution >= 4 is 17.8 Å². The smallest absolute Gasteiger partial charge is 0.326 e. The van der Waals surface area contributed by atoms with Crippen molar-refractivity contribution in [2.75, 3.05) is 14.1 Å². The Labute approximate surface area is 122 Å². The first-order valence-electron chi connectivity index (χ1n) is 6.28. The molecule has 0 heterocycles. The largest absolute Gasteiger partial charge is 0.481 e. The predicted molar refractivity (Wildman–Crippen MR) is 75.0 cm³/mol. The van der Waals surface area contributed by atoms with Crippen LogP contribution < -0.4 is 5.32 Å². The molecule has 0 fully saturated rings. The van der Waals surface area contributed by atoms with E-state index in [1.807, 2.05) is 19.0 Å². The van der Waals surface area contributed by atoms with Crippen LogP contribution in [0.1, 0.15) is 22.3 Å². The van der Waals surface area contributed by atoms with Gasteiger partial charge in [0.15, 0.2) is 0 Å². The van der Waals surface area contributed by atoms with Gasteiger partial charge in [0.05, 0.1) is 6.42 Å². The molecule has 1 atom stereocenters. The molecule has 114 valence electrons. The zero-order chi connectivity index (χ0) is 16.0. The van der Waals surface area contributed by atoms with Crippen molar-refractivity contribution in [2.24, 2.45) is 0 Å². The minimum atomic E-state index is -1.45. The van der Waals surface area contributed by atoms with Crippen LogP contribution in [-0.2, 0) is 16.1 Å². The second kappa shape index (κ2) is 7.39. The third kappa shape index (κ3) is 5.62. The summed E-state index contributed by atoms with van der Waals surface area (Å²) in [4.78, 5) is 35.3. The molecule has 0 spiro atoms. The van der Waals surface area contributed by atoms with Gasteiger partial charge in [-0.25, -0.2) is 4.79 Å². The molecule has 0 aliphatic heterocycles. The van der Waals surface area contributed by atoms with Crippen molar-refractivity contribution in [2.45, 2.75) is 19.0 Å². The predicted octanol–water partition coefficient (Wildman–Crippen LogP) is 0.406. The number of carbonyl (C=O) groups excluding carboxylic acids is 1. The Hall–Kier alpha value is -2.41. The van der Waals surface area contributed by atoms with Gasteiger partial charge in [0, 0.05) is 12.1 Å². The minimum absolute atomic E-state index is 0.286. The summed E-state index contributed by atoms with van der Waals surface area (Å²) in [5.74, 6) is -3.28. The number of hydrogen-bond acceptors (Lipinski definition) is 4. The van der Waals surface area contributed by atoms with Crippen molar-refractivity contribution in [3.8, 4) is 0 Å². The number of rotatable bonds is 7. The van der Waals surface area contributed by atoms with Gasteiger partial charge in [-0.3, -0.25) is 9.59 Å². The fraction of sp³-hybridized carbons (Fsp3) is 0.357. The van der Waals surface area contributed by atoms with Crippen molar-refractivity contribution in [1.29, 1.82) is 0 Å². The zero-order valence-electron chi connectivity index (χ0n) is 11.9. The summed E-state index contributed by atoms with van der Waals surface area (Å²) >= 11 is 0. The maximum atomic E-state index is 11.9. The number of benzene rings is 1. The molecule has 1 amide bonds. The van der Waals surface area contributed by atoms with Crippen LogP contribution >= 0.6 is 0 Å². The first kappa shape index (κ1) is 16.6. The van der Waals surface area contributed by atoms with Gasteiger partial charge in [-0.2, -0.15) is 0 Å². The maximum Gasteiger partial charge on any atom is 0.326 e. The van der Waals surface area contributed by atoms with E-state index >= 15 is 0 Å². The Bertz CT molecular complexity index is 525. The average Bonchev–Trinajstić information content (AvgIpc) is 2.37. The van der Waals surface area contributed by atoms with E-state index in [1.54, 1.807) is 24.3 Å². The SMILES string of the molecule is CN(C)Cc1ccc(C(=O)NC(CC(=O)O)C(=O)O)cc1. The Morgan fingerprint density at radius 3 is 2.14 bits per heavy atom. The van der Waals surface area contributed by atoms with Gasteiger partial charge in [0.2, 0.25) is 0 Å². The van der Waals surface area contributed by atoms with E-state index in [4.69, 9.17) is 10.2 Å². The van der Waals surface area contributed by atoms with Gasteiger partial charge in [0.1, 0.15) is 6.04 Å². The van der Waals surface area contributed by atoms with E-state index in [9.17, 15) is 14.4 Å². The molecule has 7 heteroatoms. The molecule has 0 radical (unpaired) electrons. The number of nitrogens with one attached hydrogen (secondary N) is 1. The molecule has 1 aromatic rings. The van der Waals surface area contributed by atoms with E-state index in [-0.39, 0.29) is 5.56 Å². The van der Waals surface area contributed by atoms with Crippen molar-refractivity contribution in [3.05, 3.63) is 35.4 Å². The first-order valence-corrected chi connectivity index (χ1v) is 6.28. The highest BCUT2D eigenvalue weighted by atomic mass is 16.4. The zero-order valence-corrected chi connectivity index (χ0v) is 11.9. The van der Waals surface area contributed by atoms with E-state index in [1.165, 1.54) is 0 Å². The molecule has 0 saturated carbocycles. The first-order chi connectivity index (χ1) is 9.79. The summed E-state index contributed by atoms with van der Waals surface area (Å²) < 4.78 is 0. The van der Waals surface area contributed by atoms with Crippen LogP contribution in [0.15, 0.2) is 24.3 Å². The number of carbonyl (C=O) groups is 3. The molecular weight excluding hydrogens is 276 g/mol. The molecule has 0 bridgehead atoms. The topological polar surface area (TPSA) is 107 Å². The number of carboxylic acid groups (broad SMARTS) is 2. The number of carboxylic acids is 2. The monoisotopic (exact) mass is 294 g/mol. The van der Waals surface area contributed by atoms with Gasteiger partial charge in [-0.1, -0.05) is 12.1 Å². The number of hydrogen-bond donors (Lipinski definition) is 3. The fourth-order valence-corrected chi connectivity index (χ4v) is 1.74. The highest BCUT2D eigenvalue weighted by Gasteiger charge is 2.23. The minimum Gasteiger partial charge on any atom is -0.481 e. The Balaban J connectivity index is 2.73. The molecule has 7 nitrogen and oxygen atoms in total. The lowest BCUT2D eigenvalue weighted by molar-refractivity contribution is -0.145. The van der Waals surface area contributed by atoms with Gasteiger partial charge in [0.25, 0.3) is 5.91 Å². The number of nitrogens with zero attached hydrogens (tertiary/aromatic N) is 1. The van der Waals surface area contributed by atoms with Crippen LogP contribution in [0.2, 0.25) is 0 Å². The van der Waals surface area contributed by atoms with E-state index < -0.39 is 30.3 Å². The van der Waals surface area contributed by atoms with Crippen LogP contribution in [-0.4, -0.2) is 53.1 Å². The van der Waals surface area contributed by atoms with E-state index in [0.29, 0.717) is 0 Å². The third-order valence-electron chi connectivity index (χ3n) is 2.70. The summed E-state index contributed by atoms with van der Waals surface area (Å²) in [5.41, 5.74) is 1.30. The molecule has 1 unspecified atom stereocenters. The molecule has 0 saturated heterocycles. The van der Waals surface area contributed by atoms with Gasteiger partial charge in [-0.05, 0) is 31.8 Å². The number of aliphatic carboxylic acids is 2. The molecule has 0 aromatic heterocycles. The Kier molecular flexibility index (Phi) is 5.86. The quantitative estimate of drug-likeness (QED) is 0.672. The van der Waals surface area contributed by atoms with Gasteiger partial charge in [-0.15, -0.1) is 0 Å². The van der Waals surface area contributed by atoms with Crippen LogP contribution in [0, 0.1) is 0 Å². The summed E-state index contributed by atoms with van der Waals surface area (Å²) in [6.07, 6.45) is -0.667. The lowest BCUT2D eigenvalue weighted by Crippen LogP contribution is -2.42. The van der Waals surface area contributed by atoms with Gasteiger partial charge >= 0.3 is 11.9 Å². The molecular formula is C14H18N2O5. The highest BCUT2D eigenvalue weighted by molar-refractivity contribution is 5.97. The Morgan fingerprint density at radius 2 is 1.71 bits per heavy atom. The average molecular weight is 294 g/mol. The summed E-state index contributed by atoms with van der Waals surface area (Å²) in [7, 11) is 3.84. The van der Waals surface area contributed by atoms with Crippen molar-refractivity contribution in [1.82, 2.24) is 10.2 Å². The van der Waals surface area contributed by atoms with Gasteiger partial charge < -0.3 is 20.4 Å². The van der Waals surface area contributed by atoms with Crippen molar-refractivity contribution in [3.63, 3.8) is 0 Å². The van der Waals surface area contributed by atoms with Crippen LogP contribution in [0.3, 0.4) is 0 Å². The lowest BCUT2D eigenvalue weighted by atomic mass is 10.1. The van der Waals surface area contributed by atoms with Crippen LogP contribution in [0.4, 0.5) is 0 Å². The second-order valence-electron chi connectivity index (χ2n) is 4.90. The van der Waals surface area contributed by atoms with Crippen LogP contribution in [0.5, 0.6) is 0 Å².